The summed E-state index contributed by atoms with van der Waals surface area (Å²) < 4.78 is 13.2. The number of aliphatic hydroxyl groups is 1. The van der Waals surface area contributed by atoms with Crippen LogP contribution in [0.5, 0.6) is 0 Å². The fourth-order valence-corrected chi connectivity index (χ4v) is 2.16. The second kappa shape index (κ2) is 5.22. The fourth-order valence-electron chi connectivity index (χ4n) is 1.68. The summed E-state index contributed by atoms with van der Waals surface area (Å²) in [6, 6.07) is 5.69. The van der Waals surface area contributed by atoms with E-state index < -0.39 is 11.9 Å². The Hall–Kier alpha value is -1.16. The minimum absolute atomic E-state index is 0.249. The van der Waals surface area contributed by atoms with Crippen LogP contribution in [-0.2, 0) is 0 Å². The lowest BCUT2D eigenvalue weighted by molar-refractivity contribution is 0.214. The van der Waals surface area contributed by atoms with Crippen molar-refractivity contribution in [3.63, 3.8) is 0 Å². The highest BCUT2D eigenvalue weighted by Crippen LogP contribution is 2.30. The number of aryl methyl sites for hydroxylation is 1. The van der Waals surface area contributed by atoms with Crippen molar-refractivity contribution in [2.45, 2.75) is 13.0 Å². The number of nitrogens with zero attached hydrogens (tertiary/aromatic N) is 1. The van der Waals surface area contributed by atoms with E-state index in [0.29, 0.717) is 10.6 Å². The number of rotatable bonds is 2. The molecule has 1 heterocycles. The number of aliphatic hydroxyl groups excluding tert-OH is 1. The molecule has 0 aliphatic carbocycles. The zero-order valence-electron chi connectivity index (χ0n) is 9.49. The van der Waals surface area contributed by atoms with Crippen LogP contribution < -0.4 is 0 Å². The third-order valence-corrected chi connectivity index (χ3v) is 3.14. The van der Waals surface area contributed by atoms with Crippen molar-refractivity contribution < 1.29 is 9.50 Å². The molecular weight excluding hydrogens is 276 g/mol. The Kier molecular flexibility index (Phi) is 3.85. The molecule has 5 heteroatoms. The van der Waals surface area contributed by atoms with Crippen molar-refractivity contribution in [1.82, 2.24) is 4.98 Å². The van der Waals surface area contributed by atoms with Crippen LogP contribution in [0.3, 0.4) is 0 Å². The lowest BCUT2D eigenvalue weighted by atomic mass is 10.0. The average Bonchev–Trinajstić information content (AvgIpc) is 2.31. The van der Waals surface area contributed by atoms with Gasteiger partial charge in [0.1, 0.15) is 11.9 Å². The monoisotopic (exact) mass is 285 g/mol. The number of halogens is 3. The van der Waals surface area contributed by atoms with E-state index in [2.05, 4.69) is 4.98 Å². The molecule has 0 saturated heterocycles. The zero-order chi connectivity index (χ0) is 13.3. The quantitative estimate of drug-likeness (QED) is 0.907. The summed E-state index contributed by atoms with van der Waals surface area (Å²) in [6.07, 6.45) is 0.311. The Morgan fingerprint density at radius 3 is 2.67 bits per heavy atom. The maximum absolute atomic E-state index is 13.2. The van der Waals surface area contributed by atoms with Crippen LogP contribution in [0.25, 0.3) is 0 Å². The largest absolute Gasteiger partial charge is 0.382 e. The van der Waals surface area contributed by atoms with Crippen molar-refractivity contribution in [2.75, 3.05) is 0 Å². The van der Waals surface area contributed by atoms with E-state index >= 15 is 0 Å². The molecule has 0 spiro atoms. The maximum Gasteiger partial charge on any atom is 0.123 e. The van der Waals surface area contributed by atoms with Crippen molar-refractivity contribution in [3.8, 4) is 0 Å². The summed E-state index contributed by atoms with van der Waals surface area (Å²) in [7, 11) is 0. The summed E-state index contributed by atoms with van der Waals surface area (Å²) in [5.41, 5.74) is 1.46. The van der Waals surface area contributed by atoms with Gasteiger partial charge in [-0.05, 0) is 36.2 Å². The first kappa shape index (κ1) is 13.3. The lowest BCUT2D eigenvalue weighted by Crippen LogP contribution is -2.05. The summed E-state index contributed by atoms with van der Waals surface area (Å²) in [5.74, 6) is -0.417. The average molecular weight is 286 g/mol. The molecule has 2 nitrogen and oxygen atoms in total. The topological polar surface area (TPSA) is 33.1 Å². The molecule has 2 rings (SSSR count). The normalized spacial score (nSPS) is 12.5. The van der Waals surface area contributed by atoms with Gasteiger partial charge in [0.05, 0.1) is 15.7 Å². The van der Waals surface area contributed by atoms with Gasteiger partial charge in [0.15, 0.2) is 0 Å². The number of hydrogen-bond donors (Lipinski definition) is 1. The lowest BCUT2D eigenvalue weighted by Gasteiger charge is -2.14. The van der Waals surface area contributed by atoms with Crippen LogP contribution in [0.4, 0.5) is 4.39 Å². The molecule has 1 unspecified atom stereocenters. The molecular formula is C13H10Cl2FNO. The molecule has 1 N–H and O–H groups in total. The van der Waals surface area contributed by atoms with Crippen LogP contribution in [0.2, 0.25) is 10.0 Å². The van der Waals surface area contributed by atoms with Gasteiger partial charge in [-0.2, -0.15) is 0 Å². The molecule has 0 radical (unpaired) electrons. The Morgan fingerprint density at radius 2 is 2.00 bits per heavy atom. The molecule has 0 aliphatic heterocycles. The third-order valence-electron chi connectivity index (χ3n) is 2.63. The second-order valence-corrected chi connectivity index (χ2v) is 4.77. The molecule has 0 aliphatic rings. The molecule has 0 bridgehead atoms. The van der Waals surface area contributed by atoms with Gasteiger partial charge in [0.2, 0.25) is 0 Å². The zero-order valence-corrected chi connectivity index (χ0v) is 11.0. The molecule has 1 atom stereocenters. The predicted molar refractivity (Wildman–Crippen MR) is 69.5 cm³/mol. The van der Waals surface area contributed by atoms with Gasteiger partial charge in [0, 0.05) is 6.20 Å². The summed E-state index contributed by atoms with van der Waals surface area (Å²) in [4.78, 5) is 3.99. The SMILES string of the molecule is Cc1ccc(F)cc1C(O)c1ncc(Cl)cc1Cl. The molecule has 1 aromatic carbocycles. The first-order chi connectivity index (χ1) is 8.49. The minimum Gasteiger partial charge on any atom is -0.382 e. The van der Waals surface area contributed by atoms with Crippen molar-refractivity contribution >= 4 is 23.2 Å². The minimum atomic E-state index is -1.08. The van der Waals surface area contributed by atoms with Crippen LogP contribution in [-0.4, -0.2) is 10.1 Å². The third kappa shape index (κ3) is 2.64. The van der Waals surface area contributed by atoms with Crippen molar-refractivity contribution in [1.29, 1.82) is 0 Å². The summed E-state index contributed by atoms with van der Waals surface area (Å²) >= 11 is 11.7. The molecule has 1 aromatic heterocycles. The van der Waals surface area contributed by atoms with Gasteiger partial charge in [-0.15, -0.1) is 0 Å². The van der Waals surface area contributed by atoms with E-state index in [-0.39, 0.29) is 10.7 Å². The Morgan fingerprint density at radius 1 is 1.28 bits per heavy atom. The molecule has 18 heavy (non-hydrogen) atoms. The highest BCUT2D eigenvalue weighted by Gasteiger charge is 2.18. The van der Waals surface area contributed by atoms with E-state index in [1.165, 1.54) is 24.4 Å². The van der Waals surface area contributed by atoms with Crippen molar-refractivity contribution in [2.24, 2.45) is 0 Å². The maximum atomic E-state index is 13.2. The number of benzene rings is 1. The highest BCUT2D eigenvalue weighted by molar-refractivity contribution is 6.34. The molecule has 0 amide bonds. The molecule has 0 fully saturated rings. The second-order valence-electron chi connectivity index (χ2n) is 3.92. The first-order valence-corrected chi connectivity index (χ1v) is 5.99. The van der Waals surface area contributed by atoms with Gasteiger partial charge < -0.3 is 5.11 Å². The first-order valence-electron chi connectivity index (χ1n) is 5.24. The Bertz CT molecular complexity index is 589. The van der Waals surface area contributed by atoms with E-state index in [4.69, 9.17) is 23.2 Å². The molecule has 94 valence electrons. The summed E-state index contributed by atoms with van der Waals surface area (Å²) in [5, 5.41) is 10.8. The van der Waals surface area contributed by atoms with E-state index in [1.54, 1.807) is 13.0 Å². The van der Waals surface area contributed by atoms with E-state index in [1.807, 2.05) is 0 Å². The Balaban J connectivity index is 2.47. The van der Waals surface area contributed by atoms with Crippen LogP contribution in [0.1, 0.15) is 22.9 Å². The predicted octanol–water partition coefficient (Wildman–Crippen LogP) is 3.92. The highest BCUT2D eigenvalue weighted by atomic mass is 35.5. The standard InChI is InChI=1S/C13H10Cl2FNO/c1-7-2-3-9(16)5-10(7)13(18)12-11(15)4-8(14)6-17-12/h2-6,13,18H,1H3. The smallest absolute Gasteiger partial charge is 0.123 e. The number of aromatic nitrogens is 1. The van der Waals surface area contributed by atoms with Gasteiger partial charge in [-0.25, -0.2) is 4.39 Å². The van der Waals surface area contributed by atoms with Gasteiger partial charge in [-0.1, -0.05) is 29.3 Å². The van der Waals surface area contributed by atoms with E-state index in [9.17, 15) is 9.50 Å². The van der Waals surface area contributed by atoms with Crippen molar-refractivity contribution in [3.05, 3.63) is 63.1 Å². The van der Waals surface area contributed by atoms with Gasteiger partial charge in [-0.3, -0.25) is 4.98 Å². The van der Waals surface area contributed by atoms with Crippen LogP contribution in [0, 0.1) is 12.7 Å². The van der Waals surface area contributed by atoms with Gasteiger partial charge in [0.25, 0.3) is 0 Å². The summed E-state index contributed by atoms with van der Waals surface area (Å²) in [6.45, 7) is 1.78. The number of hydrogen-bond acceptors (Lipinski definition) is 2. The molecule has 0 saturated carbocycles. The van der Waals surface area contributed by atoms with Crippen LogP contribution >= 0.6 is 23.2 Å². The van der Waals surface area contributed by atoms with Crippen LogP contribution in [0.15, 0.2) is 30.5 Å². The number of pyridine rings is 1. The van der Waals surface area contributed by atoms with E-state index in [0.717, 1.165) is 5.56 Å². The Labute approximate surface area is 114 Å². The van der Waals surface area contributed by atoms with Gasteiger partial charge >= 0.3 is 0 Å². The molecule has 2 aromatic rings. The fraction of sp³-hybridized carbons (Fsp3) is 0.154.